The molecule has 1 fully saturated rings. The third-order valence-electron chi connectivity index (χ3n) is 3.28. The Hall–Kier alpha value is -1.34. The predicted octanol–water partition coefficient (Wildman–Crippen LogP) is -0.308. The Morgan fingerprint density at radius 1 is 1.30 bits per heavy atom. The first-order valence-electron chi connectivity index (χ1n) is 7.24. The fourth-order valence-electron chi connectivity index (χ4n) is 2.14. The summed E-state index contributed by atoms with van der Waals surface area (Å²) in [6.07, 6.45) is 1.00. The van der Waals surface area contributed by atoms with Crippen LogP contribution in [0.3, 0.4) is 0 Å². The molecule has 0 saturated carbocycles. The van der Waals surface area contributed by atoms with Crippen molar-refractivity contribution in [2.45, 2.75) is 19.8 Å². The zero-order valence-electron chi connectivity index (χ0n) is 12.2. The van der Waals surface area contributed by atoms with E-state index in [1.807, 2.05) is 0 Å². The molecule has 0 spiro atoms. The van der Waals surface area contributed by atoms with Crippen molar-refractivity contribution in [2.24, 2.45) is 5.92 Å². The molecule has 4 N–H and O–H groups in total. The van der Waals surface area contributed by atoms with Gasteiger partial charge in [0.1, 0.15) is 0 Å². The molecule has 1 heterocycles. The molecule has 0 aromatic rings. The van der Waals surface area contributed by atoms with Crippen LogP contribution in [0.25, 0.3) is 0 Å². The van der Waals surface area contributed by atoms with Crippen LogP contribution in [-0.2, 0) is 4.79 Å². The number of carboxylic acid groups (broad SMARTS) is 1. The topological polar surface area (TPSA) is 93.7 Å². The van der Waals surface area contributed by atoms with Gasteiger partial charge in [-0.15, -0.1) is 0 Å². The van der Waals surface area contributed by atoms with Crippen LogP contribution in [0.2, 0.25) is 0 Å². The standard InChI is InChI=1S/C13H26N4O3/c1-11(9-12(18)19)10-16-13(20)15-3-2-6-17-7-4-14-5-8-17/h11,14H,2-10H2,1H3,(H,18,19)(H2,15,16,20). The van der Waals surface area contributed by atoms with Gasteiger partial charge in [-0.25, -0.2) is 4.79 Å². The van der Waals surface area contributed by atoms with E-state index in [-0.39, 0.29) is 18.4 Å². The number of aliphatic carboxylic acids is 1. The van der Waals surface area contributed by atoms with Gasteiger partial charge >= 0.3 is 12.0 Å². The number of carbonyl (C=O) groups is 2. The normalized spacial score (nSPS) is 17.4. The molecule has 1 unspecified atom stereocenters. The highest BCUT2D eigenvalue weighted by Gasteiger charge is 2.10. The molecular weight excluding hydrogens is 260 g/mol. The van der Waals surface area contributed by atoms with Crippen molar-refractivity contribution in [3.63, 3.8) is 0 Å². The van der Waals surface area contributed by atoms with Gasteiger partial charge < -0.3 is 26.0 Å². The summed E-state index contributed by atoms with van der Waals surface area (Å²) in [6.45, 7) is 8.04. The Kier molecular flexibility index (Phi) is 7.98. The molecule has 1 saturated heterocycles. The number of piperazine rings is 1. The SMILES string of the molecule is CC(CNC(=O)NCCCN1CCNCC1)CC(=O)O. The van der Waals surface area contributed by atoms with Gasteiger partial charge in [0.15, 0.2) is 0 Å². The zero-order valence-corrected chi connectivity index (χ0v) is 12.2. The Labute approximate surface area is 120 Å². The molecule has 1 rings (SSSR count). The highest BCUT2D eigenvalue weighted by molar-refractivity contribution is 5.73. The van der Waals surface area contributed by atoms with Crippen molar-refractivity contribution in [3.8, 4) is 0 Å². The summed E-state index contributed by atoms with van der Waals surface area (Å²) in [6, 6.07) is -0.220. The van der Waals surface area contributed by atoms with Gasteiger partial charge in [0.25, 0.3) is 0 Å². The van der Waals surface area contributed by atoms with Crippen LogP contribution in [0, 0.1) is 5.92 Å². The molecule has 1 atom stereocenters. The van der Waals surface area contributed by atoms with Crippen molar-refractivity contribution in [1.82, 2.24) is 20.9 Å². The molecule has 1 aliphatic rings. The number of carboxylic acids is 1. The minimum absolute atomic E-state index is 0.0564. The maximum atomic E-state index is 11.5. The molecule has 0 aromatic carbocycles. The molecule has 1 aliphatic heterocycles. The van der Waals surface area contributed by atoms with Gasteiger partial charge in [-0.05, 0) is 18.9 Å². The van der Waals surface area contributed by atoms with Gasteiger partial charge in [-0.3, -0.25) is 4.79 Å². The molecule has 7 nitrogen and oxygen atoms in total. The average Bonchev–Trinajstić information content (AvgIpc) is 2.42. The van der Waals surface area contributed by atoms with Gasteiger partial charge in [0.2, 0.25) is 0 Å². The van der Waals surface area contributed by atoms with Crippen LogP contribution in [0.5, 0.6) is 0 Å². The second-order valence-corrected chi connectivity index (χ2v) is 5.29. The number of hydrogen-bond acceptors (Lipinski definition) is 4. The van der Waals surface area contributed by atoms with Crippen LogP contribution < -0.4 is 16.0 Å². The van der Waals surface area contributed by atoms with Gasteiger partial charge in [0.05, 0.1) is 0 Å². The number of amides is 2. The third kappa shape index (κ3) is 7.96. The number of nitrogens with one attached hydrogen (secondary N) is 3. The monoisotopic (exact) mass is 286 g/mol. The van der Waals surface area contributed by atoms with E-state index in [0.717, 1.165) is 39.1 Å². The molecule has 0 radical (unpaired) electrons. The van der Waals surface area contributed by atoms with Crippen molar-refractivity contribution in [3.05, 3.63) is 0 Å². The van der Waals surface area contributed by atoms with Crippen molar-refractivity contribution in [2.75, 3.05) is 45.8 Å². The number of hydrogen-bond donors (Lipinski definition) is 4. The van der Waals surface area contributed by atoms with Crippen LogP contribution in [-0.4, -0.2) is 67.8 Å². The number of carbonyl (C=O) groups excluding carboxylic acids is 1. The van der Waals surface area contributed by atoms with E-state index in [0.29, 0.717) is 13.1 Å². The summed E-state index contributed by atoms with van der Waals surface area (Å²) in [5, 5.41) is 17.4. The molecule has 0 aliphatic carbocycles. The van der Waals surface area contributed by atoms with E-state index in [1.54, 1.807) is 6.92 Å². The van der Waals surface area contributed by atoms with Crippen LogP contribution >= 0.6 is 0 Å². The van der Waals surface area contributed by atoms with Gasteiger partial charge in [-0.2, -0.15) is 0 Å². The van der Waals surface area contributed by atoms with Crippen molar-refractivity contribution < 1.29 is 14.7 Å². The maximum absolute atomic E-state index is 11.5. The van der Waals surface area contributed by atoms with Crippen LogP contribution in [0.1, 0.15) is 19.8 Å². The molecule has 7 heteroatoms. The summed E-state index contributed by atoms with van der Waals surface area (Å²) in [7, 11) is 0. The lowest BCUT2D eigenvalue weighted by Gasteiger charge is -2.27. The summed E-state index contributed by atoms with van der Waals surface area (Å²) in [5.41, 5.74) is 0. The second-order valence-electron chi connectivity index (χ2n) is 5.29. The van der Waals surface area contributed by atoms with Crippen molar-refractivity contribution >= 4 is 12.0 Å². The number of nitrogens with zero attached hydrogens (tertiary/aromatic N) is 1. The first kappa shape index (κ1) is 16.7. The van der Waals surface area contributed by atoms with Crippen molar-refractivity contribution in [1.29, 1.82) is 0 Å². The Bertz CT molecular complexity index is 306. The Balaban J connectivity index is 1.98. The maximum Gasteiger partial charge on any atom is 0.314 e. The smallest absolute Gasteiger partial charge is 0.314 e. The van der Waals surface area contributed by atoms with Crippen LogP contribution in [0.15, 0.2) is 0 Å². The average molecular weight is 286 g/mol. The summed E-state index contributed by atoms with van der Waals surface area (Å²) in [4.78, 5) is 24.3. The first-order chi connectivity index (χ1) is 9.58. The Morgan fingerprint density at radius 2 is 2.00 bits per heavy atom. The molecule has 0 aromatic heterocycles. The molecule has 0 bridgehead atoms. The van der Waals surface area contributed by atoms with Gasteiger partial charge in [0, 0.05) is 45.7 Å². The minimum Gasteiger partial charge on any atom is -0.481 e. The highest BCUT2D eigenvalue weighted by atomic mass is 16.4. The highest BCUT2D eigenvalue weighted by Crippen LogP contribution is 1.99. The number of rotatable bonds is 8. The number of urea groups is 1. The zero-order chi connectivity index (χ0) is 14.8. The molecule has 2 amide bonds. The third-order valence-corrected chi connectivity index (χ3v) is 3.28. The Morgan fingerprint density at radius 3 is 2.65 bits per heavy atom. The molecule has 116 valence electrons. The van der Waals surface area contributed by atoms with E-state index in [2.05, 4.69) is 20.9 Å². The predicted molar refractivity (Wildman–Crippen MR) is 76.7 cm³/mol. The van der Waals surface area contributed by atoms with Gasteiger partial charge in [-0.1, -0.05) is 6.92 Å². The lowest BCUT2D eigenvalue weighted by molar-refractivity contribution is -0.137. The lowest BCUT2D eigenvalue weighted by Crippen LogP contribution is -2.44. The largest absolute Gasteiger partial charge is 0.481 e. The van der Waals surface area contributed by atoms with E-state index in [4.69, 9.17) is 5.11 Å². The second kappa shape index (κ2) is 9.55. The van der Waals surface area contributed by atoms with E-state index in [9.17, 15) is 9.59 Å². The first-order valence-corrected chi connectivity index (χ1v) is 7.24. The fourth-order valence-corrected chi connectivity index (χ4v) is 2.14. The molecule has 20 heavy (non-hydrogen) atoms. The van der Waals surface area contributed by atoms with E-state index in [1.165, 1.54) is 0 Å². The molecular formula is C13H26N4O3. The summed E-state index contributed by atoms with van der Waals surface area (Å²) < 4.78 is 0. The van der Waals surface area contributed by atoms with Crippen LogP contribution in [0.4, 0.5) is 4.79 Å². The quantitative estimate of drug-likeness (QED) is 0.459. The summed E-state index contributed by atoms with van der Waals surface area (Å²) in [5.74, 6) is -0.894. The minimum atomic E-state index is -0.837. The van der Waals surface area contributed by atoms with E-state index >= 15 is 0 Å². The lowest BCUT2D eigenvalue weighted by atomic mass is 10.1. The fraction of sp³-hybridized carbons (Fsp3) is 0.846. The summed E-state index contributed by atoms with van der Waals surface area (Å²) >= 11 is 0. The van der Waals surface area contributed by atoms with E-state index < -0.39 is 5.97 Å².